The third kappa shape index (κ3) is 4.38. The number of hydrogen-bond donors (Lipinski definition) is 0. The Morgan fingerprint density at radius 1 is 1.08 bits per heavy atom. The standard InChI is InChI=1S/C17H21F3N4O/c1-12(16-22-21-13(2)25-16)24-9-7-23(8-10-24)11-14-3-5-15(6-4-14)17(18,19)20/h3-6,12H,7-11H2,1-2H3. The van der Waals surface area contributed by atoms with Crippen molar-refractivity contribution >= 4 is 0 Å². The van der Waals surface area contributed by atoms with E-state index in [1.807, 2.05) is 6.92 Å². The van der Waals surface area contributed by atoms with Crippen molar-refractivity contribution in [2.45, 2.75) is 32.6 Å². The molecule has 1 atom stereocenters. The van der Waals surface area contributed by atoms with E-state index in [2.05, 4.69) is 20.0 Å². The summed E-state index contributed by atoms with van der Waals surface area (Å²) >= 11 is 0. The zero-order valence-electron chi connectivity index (χ0n) is 14.3. The Kier molecular flexibility index (Phi) is 5.10. The summed E-state index contributed by atoms with van der Waals surface area (Å²) in [6.45, 7) is 7.85. The third-order valence-corrected chi connectivity index (χ3v) is 4.54. The summed E-state index contributed by atoms with van der Waals surface area (Å²) in [5, 5.41) is 7.94. The molecule has 5 nitrogen and oxygen atoms in total. The van der Waals surface area contributed by atoms with Crippen LogP contribution in [0.1, 0.15) is 35.9 Å². The lowest BCUT2D eigenvalue weighted by atomic mass is 10.1. The molecule has 1 aromatic heterocycles. The van der Waals surface area contributed by atoms with Gasteiger partial charge in [0, 0.05) is 39.6 Å². The van der Waals surface area contributed by atoms with Gasteiger partial charge < -0.3 is 4.42 Å². The highest BCUT2D eigenvalue weighted by atomic mass is 19.4. The summed E-state index contributed by atoms with van der Waals surface area (Å²) in [4.78, 5) is 4.51. The molecule has 1 unspecified atom stereocenters. The quantitative estimate of drug-likeness (QED) is 0.843. The number of alkyl halides is 3. The Morgan fingerprint density at radius 3 is 2.24 bits per heavy atom. The summed E-state index contributed by atoms with van der Waals surface area (Å²) < 4.78 is 43.3. The van der Waals surface area contributed by atoms with Crippen molar-refractivity contribution in [1.82, 2.24) is 20.0 Å². The molecule has 0 radical (unpaired) electrons. The molecule has 0 spiro atoms. The fourth-order valence-corrected chi connectivity index (χ4v) is 3.00. The number of benzene rings is 1. The van der Waals surface area contributed by atoms with Crippen LogP contribution in [-0.4, -0.2) is 46.2 Å². The molecule has 25 heavy (non-hydrogen) atoms. The van der Waals surface area contributed by atoms with E-state index in [4.69, 9.17) is 4.42 Å². The van der Waals surface area contributed by atoms with Gasteiger partial charge in [0.15, 0.2) is 0 Å². The number of nitrogens with zero attached hydrogens (tertiary/aromatic N) is 4. The second-order valence-electron chi connectivity index (χ2n) is 6.34. The van der Waals surface area contributed by atoms with Crippen molar-refractivity contribution in [2.24, 2.45) is 0 Å². The maximum Gasteiger partial charge on any atom is 0.416 e. The Morgan fingerprint density at radius 2 is 1.72 bits per heavy atom. The van der Waals surface area contributed by atoms with E-state index in [1.54, 1.807) is 19.1 Å². The fraction of sp³-hybridized carbons (Fsp3) is 0.529. The van der Waals surface area contributed by atoms with Gasteiger partial charge in [0.1, 0.15) is 0 Å². The topological polar surface area (TPSA) is 45.4 Å². The summed E-state index contributed by atoms with van der Waals surface area (Å²) in [5.41, 5.74) is 0.284. The zero-order chi connectivity index (χ0) is 18.0. The van der Waals surface area contributed by atoms with E-state index >= 15 is 0 Å². The summed E-state index contributed by atoms with van der Waals surface area (Å²) in [7, 11) is 0. The molecule has 0 bridgehead atoms. The number of aromatic nitrogens is 2. The van der Waals surface area contributed by atoms with Crippen molar-refractivity contribution in [3.63, 3.8) is 0 Å². The van der Waals surface area contributed by atoms with Crippen molar-refractivity contribution in [3.05, 3.63) is 47.2 Å². The molecule has 1 fully saturated rings. The highest BCUT2D eigenvalue weighted by Gasteiger charge is 2.30. The van der Waals surface area contributed by atoms with E-state index in [0.717, 1.165) is 43.9 Å². The van der Waals surface area contributed by atoms with E-state index in [1.165, 1.54) is 0 Å². The van der Waals surface area contributed by atoms with Gasteiger partial charge in [-0.05, 0) is 24.6 Å². The predicted molar refractivity (Wildman–Crippen MR) is 85.7 cm³/mol. The summed E-state index contributed by atoms with van der Waals surface area (Å²) in [6, 6.07) is 5.46. The summed E-state index contributed by atoms with van der Waals surface area (Å²) in [6.07, 6.45) is -4.28. The number of rotatable bonds is 4. The SMILES string of the molecule is Cc1nnc(C(C)N2CCN(Cc3ccc(C(F)(F)F)cc3)CC2)o1. The van der Waals surface area contributed by atoms with Crippen LogP contribution >= 0.6 is 0 Å². The van der Waals surface area contributed by atoms with Gasteiger partial charge in [0.25, 0.3) is 0 Å². The van der Waals surface area contributed by atoms with E-state index < -0.39 is 11.7 Å². The van der Waals surface area contributed by atoms with Gasteiger partial charge in [-0.3, -0.25) is 9.80 Å². The monoisotopic (exact) mass is 354 g/mol. The molecule has 1 aliphatic heterocycles. The largest absolute Gasteiger partial charge is 0.424 e. The minimum absolute atomic E-state index is 0.0643. The first kappa shape index (κ1) is 17.9. The highest BCUT2D eigenvalue weighted by molar-refractivity contribution is 5.24. The first-order valence-corrected chi connectivity index (χ1v) is 8.25. The third-order valence-electron chi connectivity index (χ3n) is 4.54. The first-order valence-electron chi connectivity index (χ1n) is 8.25. The number of piperazine rings is 1. The Bertz CT molecular complexity index is 691. The van der Waals surface area contributed by atoms with Crippen LogP contribution in [0.25, 0.3) is 0 Å². The molecule has 2 heterocycles. The molecule has 1 saturated heterocycles. The van der Waals surface area contributed by atoms with Gasteiger partial charge in [-0.25, -0.2) is 0 Å². The summed E-state index contributed by atoms with van der Waals surface area (Å²) in [5.74, 6) is 1.18. The maximum atomic E-state index is 12.6. The number of halogens is 3. The molecule has 0 amide bonds. The molecule has 136 valence electrons. The van der Waals surface area contributed by atoms with Crippen LogP contribution < -0.4 is 0 Å². The predicted octanol–water partition coefficient (Wildman–Crippen LogP) is 3.28. The molecule has 0 aliphatic carbocycles. The Labute approximate surface area is 144 Å². The van der Waals surface area contributed by atoms with Crippen LogP contribution in [0, 0.1) is 6.92 Å². The molecule has 8 heteroatoms. The number of aryl methyl sites for hydroxylation is 1. The first-order chi connectivity index (χ1) is 11.8. The maximum absolute atomic E-state index is 12.6. The molecular formula is C17H21F3N4O. The minimum atomic E-state index is -4.28. The van der Waals surface area contributed by atoms with E-state index in [-0.39, 0.29) is 6.04 Å². The Balaban J connectivity index is 1.52. The van der Waals surface area contributed by atoms with E-state index in [9.17, 15) is 13.2 Å². The van der Waals surface area contributed by atoms with Crippen LogP contribution in [-0.2, 0) is 12.7 Å². The normalized spacial score (nSPS) is 18.4. The molecular weight excluding hydrogens is 333 g/mol. The molecule has 2 aromatic rings. The second kappa shape index (κ2) is 7.13. The van der Waals surface area contributed by atoms with Crippen LogP contribution in [0.4, 0.5) is 13.2 Å². The lowest BCUT2D eigenvalue weighted by Crippen LogP contribution is -2.46. The fourth-order valence-electron chi connectivity index (χ4n) is 3.00. The molecule has 1 aliphatic rings. The zero-order valence-corrected chi connectivity index (χ0v) is 14.3. The van der Waals surface area contributed by atoms with Gasteiger partial charge >= 0.3 is 6.18 Å². The minimum Gasteiger partial charge on any atom is -0.424 e. The second-order valence-corrected chi connectivity index (χ2v) is 6.34. The smallest absolute Gasteiger partial charge is 0.416 e. The molecule has 3 rings (SSSR count). The van der Waals surface area contributed by atoms with Crippen LogP contribution in [0.5, 0.6) is 0 Å². The average Bonchev–Trinajstić information content (AvgIpc) is 3.01. The van der Waals surface area contributed by atoms with Crippen LogP contribution in [0.15, 0.2) is 28.7 Å². The number of hydrogen-bond acceptors (Lipinski definition) is 5. The van der Waals surface area contributed by atoms with E-state index in [0.29, 0.717) is 18.3 Å². The van der Waals surface area contributed by atoms with Gasteiger partial charge in [0.2, 0.25) is 11.8 Å². The van der Waals surface area contributed by atoms with Gasteiger partial charge in [-0.2, -0.15) is 13.2 Å². The van der Waals surface area contributed by atoms with Crippen molar-refractivity contribution < 1.29 is 17.6 Å². The molecule has 1 aromatic carbocycles. The van der Waals surface area contributed by atoms with Crippen LogP contribution in [0.2, 0.25) is 0 Å². The molecule has 0 N–H and O–H groups in total. The van der Waals surface area contributed by atoms with Crippen molar-refractivity contribution in [2.75, 3.05) is 26.2 Å². The lowest BCUT2D eigenvalue weighted by molar-refractivity contribution is -0.137. The Hall–Kier alpha value is -1.93. The van der Waals surface area contributed by atoms with Gasteiger partial charge in [0.05, 0.1) is 11.6 Å². The molecule has 0 saturated carbocycles. The van der Waals surface area contributed by atoms with Crippen molar-refractivity contribution in [1.29, 1.82) is 0 Å². The lowest BCUT2D eigenvalue weighted by Gasteiger charge is -2.36. The van der Waals surface area contributed by atoms with Crippen LogP contribution in [0.3, 0.4) is 0 Å². The highest BCUT2D eigenvalue weighted by Crippen LogP contribution is 2.29. The van der Waals surface area contributed by atoms with Gasteiger partial charge in [-0.15, -0.1) is 10.2 Å². The average molecular weight is 354 g/mol. The van der Waals surface area contributed by atoms with Gasteiger partial charge in [-0.1, -0.05) is 12.1 Å². The van der Waals surface area contributed by atoms with Crippen molar-refractivity contribution in [3.8, 4) is 0 Å².